The van der Waals surface area contributed by atoms with Gasteiger partial charge in [-0.15, -0.1) is 0 Å². The number of amides is 1. The number of phosphoric ester groups is 1. The van der Waals surface area contributed by atoms with Gasteiger partial charge in [0.1, 0.15) is 13.2 Å². The number of allylic oxidation sites excluding steroid dienone is 2. The van der Waals surface area contributed by atoms with E-state index in [1.807, 2.05) is 21.1 Å². The first-order valence-electron chi connectivity index (χ1n) is 30.0. The van der Waals surface area contributed by atoms with Gasteiger partial charge >= 0.3 is 0 Å². The Morgan fingerprint density at radius 3 is 1.15 bits per heavy atom. The number of quaternary nitrogens is 1. The fraction of sp³-hybridized carbons (Fsp3) is 0.949. The summed E-state index contributed by atoms with van der Waals surface area (Å²) in [5, 5.41) is 14.0. The third-order valence-corrected chi connectivity index (χ3v) is 15.0. The molecule has 1 amide bonds. The Hall–Kier alpha value is -0.760. The molecule has 0 aliphatic rings. The second-order valence-corrected chi connectivity index (χ2v) is 23.5. The van der Waals surface area contributed by atoms with E-state index in [0.29, 0.717) is 23.9 Å². The van der Waals surface area contributed by atoms with Gasteiger partial charge in [0.15, 0.2) is 0 Å². The normalized spacial score (nSPS) is 13.9. The number of likely N-dealkylation sites (N-methyl/N-ethyl adjacent to an activating group) is 1. The fourth-order valence-electron chi connectivity index (χ4n) is 9.27. The molecule has 0 aromatic rings. The Morgan fingerprint density at radius 1 is 0.500 bits per heavy atom. The highest BCUT2D eigenvalue weighted by Gasteiger charge is 2.24. The quantitative estimate of drug-likeness (QED) is 0.0272. The summed E-state index contributed by atoms with van der Waals surface area (Å²) >= 11 is 0. The van der Waals surface area contributed by atoms with Crippen LogP contribution in [0.2, 0.25) is 0 Å². The predicted octanol–water partition coefficient (Wildman–Crippen LogP) is 17.6. The molecule has 406 valence electrons. The van der Waals surface area contributed by atoms with E-state index in [2.05, 4.69) is 31.3 Å². The fourth-order valence-corrected chi connectivity index (χ4v) is 10.00. The van der Waals surface area contributed by atoms with Gasteiger partial charge in [0.05, 0.1) is 39.9 Å². The molecule has 8 nitrogen and oxygen atoms in total. The van der Waals surface area contributed by atoms with Crippen molar-refractivity contribution in [3.63, 3.8) is 0 Å². The summed E-state index contributed by atoms with van der Waals surface area (Å²) in [6, 6.07) is -0.799. The first kappa shape index (κ1) is 67.2. The number of rotatable bonds is 56. The molecular weight excluding hydrogens is 864 g/mol. The van der Waals surface area contributed by atoms with Crippen LogP contribution in [0, 0.1) is 0 Å². The van der Waals surface area contributed by atoms with Crippen LogP contribution in [0.25, 0.3) is 0 Å². The maximum atomic E-state index is 13.0. The van der Waals surface area contributed by atoms with Crippen LogP contribution < -0.4 is 10.2 Å². The zero-order chi connectivity index (χ0) is 49.9. The molecule has 0 aromatic heterocycles. The van der Waals surface area contributed by atoms with Crippen molar-refractivity contribution in [2.24, 2.45) is 0 Å². The van der Waals surface area contributed by atoms with Gasteiger partial charge in [-0.3, -0.25) is 9.36 Å². The van der Waals surface area contributed by atoms with Crippen molar-refractivity contribution in [3.05, 3.63) is 12.2 Å². The van der Waals surface area contributed by atoms with Crippen LogP contribution in [0.1, 0.15) is 309 Å². The van der Waals surface area contributed by atoms with Crippen molar-refractivity contribution in [2.45, 2.75) is 321 Å². The molecule has 3 unspecified atom stereocenters. The Morgan fingerprint density at radius 2 is 0.809 bits per heavy atom. The SMILES string of the molecule is CCCCCCCCCCCCCC/C=C\CCCCCCCCCCCC(=O)NC(COP(=O)([O-])OCC[N+](C)(C)C)C(O)CCCCCCCCCCCCCCCCCCCCCCC. The highest BCUT2D eigenvalue weighted by atomic mass is 31.2. The summed E-state index contributed by atoms with van der Waals surface area (Å²) in [4.78, 5) is 25.6. The van der Waals surface area contributed by atoms with Crippen LogP contribution in [0.15, 0.2) is 12.2 Å². The molecule has 0 saturated carbocycles. The number of unbranched alkanes of at least 4 members (excludes halogenated alkanes) is 41. The third kappa shape index (κ3) is 53.0. The molecule has 0 aliphatic heterocycles. The van der Waals surface area contributed by atoms with E-state index in [-0.39, 0.29) is 19.1 Å². The number of carbonyl (C=O) groups excluding carboxylic acids is 1. The molecular formula is C59H119N2O6P. The van der Waals surface area contributed by atoms with Crippen LogP contribution in [-0.2, 0) is 18.4 Å². The average molecular weight is 984 g/mol. The predicted molar refractivity (Wildman–Crippen MR) is 293 cm³/mol. The number of hydrogen-bond acceptors (Lipinski definition) is 6. The van der Waals surface area contributed by atoms with E-state index < -0.39 is 20.0 Å². The van der Waals surface area contributed by atoms with Crippen molar-refractivity contribution < 1.29 is 32.9 Å². The molecule has 0 spiro atoms. The number of carbonyl (C=O) groups is 1. The van der Waals surface area contributed by atoms with E-state index in [9.17, 15) is 19.4 Å². The molecule has 0 fully saturated rings. The number of nitrogens with one attached hydrogen (secondary N) is 1. The van der Waals surface area contributed by atoms with Gasteiger partial charge in [0.25, 0.3) is 7.82 Å². The maximum Gasteiger partial charge on any atom is 0.268 e. The van der Waals surface area contributed by atoms with Crippen LogP contribution in [0.4, 0.5) is 0 Å². The minimum atomic E-state index is -4.57. The summed E-state index contributed by atoms with van der Waals surface area (Å²) in [5.41, 5.74) is 0. The van der Waals surface area contributed by atoms with Crippen molar-refractivity contribution >= 4 is 13.7 Å². The first-order valence-corrected chi connectivity index (χ1v) is 31.5. The van der Waals surface area contributed by atoms with Gasteiger partial charge in [-0.1, -0.05) is 276 Å². The summed E-state index contributed by atoms with van der Waals surface area (Å²) in [5.74, 6) is -0.161. The zero-order valence-corrected chi connectivity index (χ0v) is 47.2. The smallest absolute Gasteiger partial charge is 0.268 e. The maximum absolute atomic E-state index is 13.0. The number of hydrogen-bond donors (Lipinski definition) is 2. The van der Waals surface area contributed by atoms with E-state index in [1.165, 1.54) is 244 Å². The Kier molecular flexibility index (Phi) is 50.6. The number of nitrogens with zero attached hydrogens (tertiary/aromatic N) is 1. The minimum absolute atomic E-state index is 0.0144. The number of aliphatic hydroxyl groups is 1. The Bertz CT molecular complexity index is 1120. The van der Waals surface area contributed by atoms with Gasteiger partial charge in [-0.2, -0.15) is 0 Å². The van der Waals surface area contributed by atoms with Gasteiger partial charge in [-0.05, 0) is 38.5 Å². The topological polar surface area (TPSA) is 108 Å². The lowest BCUT2D eigenvalue weighted by atomic mass is 10.0. The largest absolute Gasteiger partial charge is 0.756 e. The van der Waals surface area contributed by atoms with Gasteiger partial charge in [0, 0.05) is 6.42 Å². The molecule has 3 atom stereocenters. The second-order valence-electron chi connectivity index (χ2n) is 22.1. The van der Waals surface area contributed by atoms with Crippen LogP contribution in [0.5, 0.6) is 0 Å². The molecule has 2 N–H and O–H groups in total. The number of aliphatic hydroxyl groups excluding tert-OH is 1. The van der Waals surface area contributed by atoms with Gasteiger partial charge in [0.2, 0.25) is 5.91 Å². The van der Waals surface area contributed by atoms with Crippen LogP contribution in [0.3, 0.4) is 0 Å². The Labute approximate surface area is 424 Å². The van der Waals surface area contributed by atoms with Crippen molar-refractivity contribution in [3.8, 4) is 0 Å². The molecule has 0 saturated heterocycles. The number of phosphoric acid groups is 1. The van der Waals surface area contributed by atoms with Crippen LogP contribution >= 0.6 is 7.82 Å². The van der Waals surface area contributed by atoms with Crippen molar-refractivity contribution in [1.29, 1.82) is 0 Å². The lowest BCUT2D eigenvalue weighted by molar-refractivity contribution is -0.870. The van der Waals surface area contributed by atoms with E-state index >= 15 is 0 Å². The lowest BCUT2D eigenvalue weighted by Gasteiger charge is -2.30. The minimum Gasteiger partial charge on any atom is -0.756 e. The van der Waals surface area contributed by atoms with E-state index in [4.69, 9.17) is 9.05 Å². The molecule has 9 heteroatoms. The molecule has 0 aromatic carbocycles. The van der Waals surface area contributed by atoms with Gasteiger partial charge < -0.3 is 28.8 Å². The van der Waals surface area contributed by atoms with E-state index in [0.717, 1.165) is 38.5 Å². The molecule has 0 aliphatic carbocycles. The van der Waals surface area contributed by atoms with Gasteiger partial charge in [-0.25, -0.2) is 0 Å². The first-order chi connectivity index (χ1) is 33.0. The zero-order valence-electron chi connectivity index (χ0n) is 46.3. The average Bonchev–Trinajstić information content (AvgIpc) is 3.30. The monoisotopic (exact) mass is 983 g/mol. The molecule has 0 radical (unpaired) electrons. The van der Waals surface area contributed by atoms with Crippen LogP contribution in [-0.4, -0.2) is 68.5 Å². The molecule has 0 rings (SSSR count). The molecule has 68 heavy (non-hydrogen) atoms. The van der Waals surface area contributed by atoms with Crippen molar-refractivity contribution in [2.75, 3.05) is 40.9 Å². The summed E-state index contributed by atoms with van der Waals surface area (Å²) in [6.45, 7) is 4.77. The van der Waals surface area contributed by atoms with E-state index in [1.54, 1.807) is 0 Å². The second kappa shape index (κ2) is 51.2. The summed E-state index contributed by atoms with van der Waals surface area (Å²) < 4.78 is 23.5. The highest BCUT2D eigenvalue weighted by Crippen LogP contribution is 2.38. The lowest BCUT2D eigenvalue weighted by Crippen LogP contribution is -2.46. The molecule has 0 heterocycles. The highest BCUT2D eigenvalue weighted by molar-refractivity contribution is 7.45. The summed E-state index contributed by atoms with van der Waals surface area (Å²) in [7, 11) is 1.32. The summed E-state index contributed by atoms with van der Waals surface area (Å²) in [6.07, 6.45) is 62.5. The van der Waals surface area contributed by atoms with Crippen molar-refractivity contribution in [1.82, 2.24) is 5.32 Å². The standard InChI is InChI=1S/C59H119N2O6P/c1-6-8-10-12-14-16-18-20-22-24-26-28-29-30-31-33-35-37-39-41-43-45-47-49-51-53-59(63)60-57(56-67-68(64,65)66-55-54-61(3,4)5)58(62)52-50-48-46-44-42-40-38-36-34-32-27-25-23-21-19-17-15-13-11-9-7-2/h30-31,57-58,62H,6-29,32-56H2,1-5H3,(H-,60,63,64,65)/b31-30-. The molecule has 0 bridgehead atoms. The Balaban J connectivity index is 4.12. The third-order valence-electron chi connectivity index (χ3n) is 14.0.